The molecule has 3 aromatic rings. The highest BCUT2D eigenvalue weighted by Crippen LogP contribution is 2.28. The lowest BCUT2D eigenvalue weighted by Crippen LogP contribution is -2.01. The zero-order chi connectivity index (χ0) is 15.4. The number of benzene rings is 1. The second-order valence-corrected chi connectivity index (χ2v) is 4.53. The highest BCUT2D eigenvalue weighted by Gasteiger charge is 2.19. The zero-order valence-electron chi connectivity index (χ0n) is 11.5. The van der Waals surface area contributed by atoms with Crippen LogP contribution in [-0.2, 0) is 0 Å². The molecule has 0 unspecified atom stereocenters. The molecule has 1 aromatic carbocycles. The van der Waals surface area contributed by atoms with Gasteiger partial charge in [0, 0.05) is 11.9 Å². The van der Waals surface area contributed by atoms with Gasteiger partial charge >= 0.3 is 5.82 Å². The van der Waals surface area contributed by atoms with Crippen LogP contribution in [0.4, 0.5) is 17.2 Å². The summed E-state index contributed by atoms with van der Waals surface area (Å²) in [5.74, 6) is -0.230. The molecule has 0 aliphatic rings. The molecule has 3 rings (SSSR count). The van der Waals surface area contributed by atoms with Crippen LogP contribution < -0.4 is 5.32 Å². The second kappa shape index (κ2) is 6.01. The van der Waals surface area contributed by atoms with E-state index in [1.54, 1.807) is 30.5 Å². The van der Waals surface area contributed by atoms with Gasteiger partial charge in [0.2, 0.25) is 5.69 Å². The molecule has 1 N–H and O–H groups in total. The average molecular weight is 292 g/mol. The van der Waals surface area contributed by atoms with Gasteiger partial charge in [-0.2, -0.15) is 0 Å². The average Bonchev–Trinajstić information content (AvgIpc) is 2.57. The van der Waals surface area contributed by atoms with Crippen molar-refractivity contribution < 1.29 is 4.92 Å². The van der Waals surface area contributed by atoms with Gasteiger partial charge < -0.3 is 15.4 Å². The van der Waals surface area contributed by atoms with Crippen LogP contribution in [0.2, 0.25) is 0 Å². The van der Waals surface area contributed by atoms with Crippen molar-refractivity contribution in [2.45, 2.75) is 0 Å². The van der Waals surface area contributed by atoms with E-state index >= 15 is 0 Å². The van der Waals surface area contributed by atoms with Gasteiger partial charge in [0.25, 0.3) is 0 Å². The maximum Gasteiger partial charge on any atom is 0.387 e. The van der Waals surface area contributed by atoms with Gasteiger partial charge in [0.1, 0.15) is 11.4 Å². The first-order chi connectivity index (χ1) is 10.7. The van der Waals surface area contributed by atoms with Gasteiger partial charge in [0.15, 0.2) is 0 Å². The Morgan fingerprint density at radius 3 is 2.36 bits per heavy atom. The summed E-state index contributed by atoms with van der Waals surface area (Å²) in [6.07, 6.45) is 1.62. The smallest absolute Gasteiger partial charge is 0.358 e. The Labute approximate surface area is 126 Å². The normalized spacial score (nSPS) is 10.2. The third kappa shape index (κ3) is 2.90. The minimum Gasteiger partial charge on any atom is -0.358 e. The summed E-state index contributed by atoms with van der Waals surface area (Å²) in [4.78, 5) is 19.0. The Morgan fingerprint density at radius 1 is 0.909 bits per heavy atom. The van der Waals surface area contributed by atoms with Gasteiger partial charge in [-0.05, 0) is 46.3 Å². The Morgan fingerprint density at radius 2 is 1.68 bits per heavy atom. The number of aromatic nitrogens is 2. The summed E-state index contributed by atoms with van der Waals surface area (Å²) in [6.45, 7) is 0. The Hall–Kier alpha value is -3.28. The van der Waals surface area contributed by atoms with Crippen LogP contribution in [0.5, 0.6) is 0 Å². The number of hydrogen-bond donors (Lipinski definition) is 1. The summed E-state index contributed by atoms with van der Waals surface area (Å²) in [5.41, 5.74) is 2.16. The van der Waals surface area contributed by atoms with Crippen LogP contribution in [0.25, 0.3) is 11.4 Å². The predicted octanol–water partition coefficient (Wildman–Crippen LogP) is 3.80. The lowest BCUT2D eigenvalue weighted by Gasteiger charge is -2.07. The molecule has 0 saturated carbocycles. The fourth-order valence-electron chi connectivity index (χ4n) is 2.02. The summed E-state index contributed by atoms with van der Waals surface area (Å²) in [5, 5.41) is 14.3. The van der Waals surface area contributed by atoms with Crippen molar-refractivity contribution >= 4 is 17.2 Å². The zero-order valence-corrected chi connectivity index (χ0v) is 11.5. The van der Waals surface area contributed by atoms with E-state index in [9.17, 15) is 10.1 Å². The van der Waals surface area contributed by atoms with Gasteiger partial charge in [-0.3, -0.25) is 4.98 Å². The summed E-state index contributed by atoms with van der Waals surface area (Å²) < 4.78 is 0. The molecule has 6 nitrogen and oxygen atoms in total. The van der Waals surface area contributed by atoms with Crippen molar-refractivity contribution in [1.29, 1.82) is 0 Å². The molecule has 0 amide bonds. The van der Waals surface area contributed by atoms with E-state index in [0.717, 1.165) is 5.69 Å². The quantitative estimate of drug-likeness (QED) is 0.584. The first kappa shape index (κ1) is 13.7. The van der Waals surface area contributed by atoms with Gasteiger partial charge in [-0.25, -0.2) is 0 Å². The standard InChI is InChI=1S/C16H12N4O2/c21-20(22)16-15(18-12-6-2-1-3-7-12)10-9-14(19-16)13-8-4-5-11-17-13/h1-11,18H. The first-order valence-electron chi connectivity index (χ1n) is 6.63. The number of nitrogens with one attached hydrogen (secondary N) is 1. The fourth-order valence-corrected chi connectivity index (χ4v) is 2.02. The highest BCUT2D eigenvalue weighted by molar-refractivity contribution is 5.70. The van der Waals surface area contributed by atoms with E-state index in [-0.39, 0.29) is 5.82 Å². The van der Waals surface area contributed by atoms with Crippen molar-refractivity contribution in [3.63, 3.8) is 0 Å². The van der Waals surface area contributed by atoms with Crippen LogP contribution in [-0.4, -0.2) is 14.9 Å². The maximum absolute atomic E-state index is 11.3. The molecule has 0 saturated heterocycles. The molecule has 0 radical (unpaired) electrons. The Balaban J connectivity index is 2.00. The van der Waals surface area contributed by atoms with E-state index in [4.69, 9.17) is 0 Å². The predicted molar refractivity (Wildman–Crippen MR) is 83.8 cm³/mol. The third-order valence-electron chi connectivity index (χ3n) is 3.03. The van der Waals surface area contributed by atoms with Crippen molar-refractivity contribution in [3.05, 3.63) is 77.0 Å². The van der Waals surface area contributed by atoms with Gasteiger partial charge in [-0.1, -0.05) is 24.3 Å². The number of para-hydroxylation sites is 1. The van der Waals surface area contributed by atoms with Gasteiger partial charge in [0.05, 0.1) is 0 Å². The molecule has 2 aromatic heterocycles. The topological polar surface area (TPSA) is 81.0 Å². The number of pyridine rings is 2. The molecule has 0 aliphatic carbocycles. The summed E-state index contributed by atoms with van der Waals surface area (Å²) >= 11 is 0. The molecule has 0 atom stereocenters. The molecular formula is C16H12N4O2. The van der Waals surface area contributed by atoms with E-state index in [2.05, 4.69) is 15.3 Å². The second-order valence-electron chi connectivity index (χ2n) is 4.53. The van der Waals surface area contributed by atoms with E-state index in [1.165, 1.54) is 0 Å². The van der Waals surface area contributed by atoms with E-state index in [1.807, 2.05) is 36.4 Å². The fraction of sp³-hybridized carbons (Fsp3) is 0. The molecule has 2 heterocycles. The number of rotatable bonds is 4. The number of nitro groups is 1. The van der Waals surface area contributed by atoms with Crippen LogP contribution in [0, 0.1) is 10.1 Å². The first-order valence-corrected chi connectivity index (χ1v) is 6.63. The minimum absolute atomic E-state index is 0.230. The molecule has 22 heavy (non-hydrogen) atoms. The SMILES string of the molecule is O=[N+]([O-])c1nc(-c2ccccn2)ccc1Nc1ccccc1. The van der Waals surface area contributed by atoms with E-state index < -0.39 is 4.92 Å². The third-order valence-corrected chi connectivity index (χ3v) is 3.03. The molecular weight excluding hydrogens is 280 g/mol. The van der Waals surface area contributed by atoms with Crippen molar-refractivity contribution in [1.82, 2.24) is 9.97 Å². The van der Waals surface area contributed by atoms with Crippen molar-refractivity contribution in [2.24, 2.45) is 0 Å². The van der Waals surface area contributed by atoms with E-state index in [0.29, 0.717) is 17.1 Å². The number of hydrogen-bond acceptors (Lipinski definition) is 5. The lowest BCUT2D eigenvalue weighted by atomic mass is 10.2. The summed E-state index contributed by atoms with van der Waals surface area (Å²) in [7, 11) is 0. The minimum atomic E-state index is -0.502. The molecule has 0 fully saturated rings. The Bertz CT molecular complexity index is 792. The van der Waals surface area contributed by atoms with Crippen molar-refractivity contribution in [2.75, 3.05) is 5.32 Å². The van der Waals surface area contributed by atoms with Gasteiger partial charge in [-0.15, -0.1) is 0 Å². The van der Waals surface area contributed by atoms with Crippen molar-refractivity contribution in [3.8, 4) is 11.4 Å². The number of anilines is 2. The van der Waals surface area contributed by atoms with Crippen LogP contribution in [0.3, 0.4) is 0 Å². The largest absolute Gasteiger partial charge is 0.387 e. The maximum atomic E-state index is 11.3. The molecule has 0 bridgehead atoms. The van der Waals surface area contributed by atoms with Crippen LogP contribution in [0.15, 0.2) is 66.9 Å². The molecule has 0 aliphatic heterocycles. The van der Waals surface area contributed by atoms with Crippen LogP contribution in [0.1, 0.15) is 0 Å². The lowest BCUT2D eigenvalue weighted by molar-refractivity contribution is -0.388. The molecule has 0 spiro atoms. The van der Waals surface area contributed by atoms with Crippen LogP contribution >= 0.6 is 0 Å². The number of nitrogens with zero attached hydrogens (tertiary/aromatic N) is 3. The Kier molecular flexibility index (Phi) is 3.74. The molecule has 108 valence electrons. The highest BCUT2D eigenvalue weighted by atomic mass is 16.6. The summed E-state index contributed by atoms with van der Waals surface area (Å²) in [6, 6.07) is 17.9. The molecule has 6 heteroatoms. The monoisotopic (exact) mass is 292 g/mol.